The number of urea groups is 1. The zero-order valence-electron chi connectivity index (χ0n) is 11.0. The Hall–Kier alpha value is -1.66. The minimum atomic E-state index is -0.963. The van der Waals surface area contributed by atoms with Crippen LogP contribution in [-0.4, -0.2) is 53.8 Å². The smallest absolute Gasteiger partial charge is 0.319 e. The molecule has 1 atom stereocenters. The number of likely N-dealkylation sites (N-methyl/N-ethyl adjacent to an activating group) is 1. The van der Waals surface area contributed by atoms with Crippen LogP contribution in [0, 0.1) is 0 Å². The van der Waals surface area contributed by atoms with E-state index in [4.69, 9.17) is 0 Å². The maximum Gasteiger partial charge on any atom is 0.319 e. The van der Waals surface area contributed by atoms with Gasteiger partial charge >= 0.3 is 6.03 Å². The summed E-state index contributed by atoms with van der Waals surface area (Å²) in [4.78, 5) is 17.3. The molecule has 0 aliphatic heterocycles. The molecule has 2 amide bonds. The molecular weight excluding hydrogens is 232 g/mol. The normalized spacial score (nSPS) is 14.1. The summed E-state index contributed by atoms with van der Waals surface area (Å²) < 4.78 is 0. The zero-order chi connectivity index (χ0) is 13.6. The highest BCUT2D eigenvalue weighted by molar-refractivity contribution is 5.88. The number of pyridine rings is 1. The van der Waals surface area contributed by atoms with Crippen LogP contribution >= 0.6 is 0 Å². The Labute approximate surface area is 107 Å². The lowest BCUT2D eigenvalue weighted by atomic mass is 10.1. The number of hydrogen-bond acceptors (Lipinski definition) is 4. The Morgan fingerprint density at radius 1 is 1.56 bits per heavy atom. The van der Waals surface area contributed by atoms with E-state index in [1.807, 2.05) is 19.0 Å². The molecule has 1 rings (SSSR count). The van der Waals surface area contributed by atoms with E-state index in [9.17, 15) is 9.90 Å². The molecule has 1 heterocycles. The summed E-state index contributed by atoms with van der Waals surface area (Å²) in [6.07, 6.45) is 3.18. The highest BCUT2D eigenvalue weighted by Crippen LogP contribution is 2.04. The van der Waals surface area contributed by atoms with Gasteiger partial charge in [0.15, 0.2) is 0 Å². The van der Waals surface area contributed by atoms with Gasteiger partial charge < -0.3 is 20.6 Å². The Morgan fingerprint density at radius 3 is 2.83 bits per heavy atom. The van der Waals surface area contributed by atoms with Gasteiger partial charge in [-0.2, -0.15) is 0 Å². The van der Waals surface area contributed by atoms with Gasteiger partial charge in [-0.05, 0) is 33.2 Å². The van der Waals surface area contributed by atoms with E-state index in [1.165, 1.54) is 0 Å². The molecule has 6 heteroatoms. The fourth-order valence-corrected chi connectivity index (χ4v) is 1.62. The van der Waals surface area contributed by atoms with Crippen molar-refractivity contribution in [2.45, 2.75) is 12.5 Å². The first-order valence-corrected chi connectivity index (χ1v) is 5.71. The van der Waals surface area contributed by atoms with E-state index in [0.717, 1.165) is 0 Å². The largest absolute Gasteiger partial charge is 0.387 e. The van der Waals surface area contributed by atoms with Crippen molar-refractivity contribution in [3.8, 4) is 0 Å². The third-order valence-electron chi connectivity index (χ3n) is 2.21. The molecule has 0 spiro atoms. The highest BCUT2D eigenvalue weighted by Gasteiger charge is 2.21. The maximum absolute atomic E-state index is 11.6. The van der Waals surface area contributed by atoms with Crippen LogP contribution in [0.15, 0.2) is 24.5 Å². The number of aliphatic hydroxyl groups is 1. The first-order valence-electron chi connectivity index (χ1n) is 5.71. The van der Waals surface area contributed by atoms with Gasteiger partial charge in [-0.15, -0.1) is 0 Å². The topological polar surface area (TPSA) is 77.5 Å². The Balaban J connectivity index is 2.37. The second kappa shape index (κ2) is 6.32. The van der Waals surface area contributed by atoms with Crippen LogP contribution in [0.5, 0.6) is 0 Å². The average Bonchev–Trinajstić information content (AvgIpc) is 2.26. The molecule has 6 nitrogen and oxygen atoms in total. The molecule has 0 aliphatic carbocycles. The minimum Gasteiger partial charge on any atom is -0.387 e. The molecule has 0 aliphatic rings. The molecule has 1 aromatic rings. The number of rotatable bonds is 5. The lowest BCUT2D eigenvalue weighted by molar-refractivity contribution is 0.0364. The number of anilines is 1. The van der Waals surface area contributed by atoms with E-state index in [0.29, 0.717) is 12.2 Å². The quantitative estimate of drug-likeness (QED) is 0.714. The number of aromatic nitrogens is 1. The van der Waals surface area contributed by atoms with E-state index < -0.39 is 5.60 Å². The van der Waals surface area contributed by atoms with Gasteiger partial charge in [-0.25, -0.2) is 4.79 Å². The fourth-order valence-electron chi connectivity index (χ4n) is 1.62. The summed E-state index contributed by atoms with van der Waals surface area (Å²) in [6, 6.07) is 3.12. The van der Waals surface area contributed by atoms with Gasteiger partial charge in [0.2, 0.25) is 0 Å². The third-order valence-corrected chi connectivity index (χ3v) is 2.21. The van der Waals surface area contributed by atoms with Crippen molar-refractivity contribution in [2.75, 3.05) is 32.5 Å². The second-order valence-corrected chi connectivity index (χ2v) is 4.78. The Bertz CT molecular complexity index is 379. The van der Waals surface area contributed by atoms with E-state index in [-0.39, 0.29) is 12.6 Å². The Morgan fingerprint density at radius 2 is 2.28 bits per heavy atom. The van der Waals surface area contributed by atoms with Gasteiger partial charge in [0, 0.05) is 19.3 Å². The summed E-state index contributed by atoms with van der Waals surface area (Å²) in [7, 11) is 3.73. The number of nitrogens with zero attached hydrogens (tertiary/aromatic N) is 2. The predicted octanol–water partition coefficient (Wildman–Crippen LogP) is 0.516. The molecule has 0 bridgehead atoms. The summed E-state index contributed by atoms with van der Waals surface area (Å²) in [6.45, 7) is 2.33. The van der Waals surface area contributed by atoms with Gasteiger partial charge in [-0.3, -0.25) is 4.98 Å². The number of carbonyl (C=O) groups is 1. The van der Waals surface area contributed by atoms with Crippen molar-refractivity contribution in [3.05, 3.63) is 24.5 Å². The van der Waals surface area contributed by atoms with Crippen LogP contribution < -0.4 is 10.6 Å². The van der Waals surface area contributed by atoms with Crippen molar-refractivity contribution >= 4 is 11.7 Å². The lowest BCUT2D eigenvalue weighted by Gasteiger charge is -2.27. The molecule has 0 aromatic carbocycles. The molecule has 0 fully saturated rings. The molecule has 1 aromatic heterocycles. The molecule has 3 N–H and O–H groups in total. The van der Waals surface area contributed by atoms with Crippen LogP contribution in [-0.2, 0) is 0 Å². The van der Waals surface area contributed by atoms with Crippen LogP contribution in [0.4, 0.5) is 10.5 Å². The summed E-state index contributed by atoms with van der Waals surface area (Å²) in [5.74, 6) is 0. The maximum atomic E-state index is 11.6. The second-order valence-electron chi connectivity index (χ2n) is 4.78. The molecule has 100 valence electrons. The van der Waals surface area contributed by atoms with E-state index >= 15 is 0 Å². The Kier molecular flexibility index (Phi) is 5.06. The first-order chi connectivity index (χ1) is 8.39. The lowest BCUT2D eigenvalue weighted by Crippen LogP contribution is -2.48. The van der Waals surface area contributed by atoms with Crippen molar-refractivity contribution in [1.29, 1.82) is 0 Å². The molecule has 0 radical (unpaired) electrons. The third kappa shape index (κ3) is 5.60. The molecule has 18 heavy (non-hydrogen) atoms. The average molecular weight is 252 g/mol. The highest BCUT2D eigenvalue weighted by atomic mass is 16.3. The van der Waals surface area contributed by atoms with Gasteiger partial charge in [0.1, 0.15) is 0 Å². The molecule has 0 saturated carbocycles. The van der Waals surface area contributed by atoms with E-state index in [2.05, 4.69) is 15.6 Å². The monoisotopic (exact) mass is 252 g/mol. The molecular formula is C12H20N4O2. The fraction of sp³-hybridized carbons (Fsp3) is 0.500. The van der Waals surface area contributed by atoms with Gasteiger partial charge in [-0.1, -0.05) is 0 Å². The number of nitrogens with one attached hydrogen (secondary N) is 2. The van der Waals surface area contributed by atoms with Crippen molar-refractivity contribution in [2.24, 2.45) is 0 Å². The minimum absolute atomic E-state index is 0.178. The van der Waals surface area contributed by atoms with Crippen LogP contribution in [0.3, 0.4) is 0 Å². The van der Waals surface area contributed by atoms with Crippen LogP contribution in [0.1, 0.15) is 6.92 Å². The SMILES string of the molecule is CN(C)CC(C)(O)CNC(=O)Nc1cccnc1. The predicted molar refractivity (Wildman–Crippen MR) is 70.4 cm³/mol. The van der Waals surface area contributed by atoms with Gasteiger partial charge in [0.05, 0.1) is 17.5 Å². The number of carbonyl (C=O) groups excluding carboxylic acids is 1. The van der Waals surface area contributed by atoms with Crippen molar-refractivity contribution in [3.63, 3.8) is 0 Å². The van der Waals surface area contributed by atoms with E-state index in [1.54, 1.807) is 31.5 Å². The summed E-state index contributed by atoms with van der Waals surface area (Å²) in [5.41, 5.74) is -0.349. The standard InChI is InChI=1S/C12H20N4O2/c1-12(18,9-16(2)3)8-14-11(17)15-10-5-4-6-13-7-10/h4-7,18H,8-9H2,1-3H3,(H2,14,15,17). The molecule has 0 saturated heterocycles. The van der Waals surface area contributed by atoms with Crippen molar-refractivity contribution < 1.29 is 9.90 Å². The zero-order valence-corrected chi connectivity index (χ0v) is 11.0. The van der Waals surface area contributed by atoms with Crippen LogP contribution in [0.25, 0.3) is 0 Å². The number of hydrogen-bond donors (Lipinski definition) is 3. The van der Waals surface area contributed by atoms with Gasteiger partial charge in [0.25, 0.3) is 0 Å². The van der Waals surface area contributed by atoms with Crippen LogP contribution in [0.2, 0.25) is 0 Å². The summed E-state index contributed by atoms with van der Waals surface area (Å²) >= 11 is 0. The van der Waals surface area contributed by atoms with Crippen molar-refractivity contribution in [1.82, 2.24) is 15.2 Å². The summed E-state index contributed by atoms with van der Waals surface area (Å²) in [5, 5.41) is 15.3. The number of amides is 2. The first kappa shape index (κ1) is 14.4. The molecule has 1 unspecified atom stereocenters.